The lowest BCUT2D eigenvalue weighted by atomic mass is 10.1. The summed E-state index contributed by atoms with van der Waals surface area (Å²) in [6, 6.07) is 1.71. The van der Waals surface area contributed by atoms with Crippen molar-refractivity contribution in [3.63, 3.8) is 0 Å². The van der Waals surface area contributed by atoms with Crippen LogP contribution in [0.3, 0.4) is 0 Å². The highest BCUT2D eigenvalue weighted by molar-refractivity contribution is 5.92. The fraction of sp³-hybridized carbons (Fsp3) is 0.615. The van der Waals surface area contributed by atoms with Crippen LogP contribution in [0.2, 0.25) is 0 Å². The molecule has 5 nitrogen and oxygen atoms in total. The fourth-order valence-corrected chi connectivity index (χ4v) is 2.12. The fourth-order valence-electron chi connectivity index (χ4n) is 2.12. The molecular formula is C13H19N3O2. The minimum atomic E-state index is -0.123. The smallest absolute Gasteiger partial charge is 0.270 e. The van der Waals surface area contributed by atoms with Crippen molar-refractivity contribution in [1.82, 2.24) is 15.3 Å². The molecule has 98 valence electrons. The molecule has 0 aromatic carbocycles. The van der Waals surface area contributed by atoms with Crippen LogP contribution in [0, 0.1) is 19.8 Å². The van der Waals surface area contributed by atoms with Gasteiger partial charge < -0.3 is 10.1 Å². The van der Waals surface area contributed by atoms with E-state index in [1.807, 2.05) is 6.92 Å². The van der Waals surface area contributed by atoms with Gasteiger partial charge in [-0.1, -0.05) is 0 Å². The van der Waals surface area contributed by atoms with Gasteiger partial charge in [0.25, 0.3) is 5.91 Å². The summed E-state index contributed by atoms with van der Waals surface area (Å²) in [7, 11) is 0. The minimum Gasteiger partial charge on any atom is -0.381 e. The van der Waals surface area contributed by atoms with E-state index in [0.717, 1.165) is 31.7 Å². The highest BCUT2D eigenvalue weighted by Crippen LogP contribution is 2.15. The number of nitrogens with zero attached hydrogens (tertiary/aromatic N) is 2. The van der Waals surface area contributed by atoms with Gasteiger partial charge in [0.15, 0.2) is 0 Å². The van der Waals surface area contributed by atoms with Crippen LogP contribution in [-0.4, -0.2) is 35.6 Å². The highest BCUT2D eigenvalue weighted by Gasteiger charge is 2.16. The Labute approximate surface area is 107 Å². The number of aryl methyl sites for hydroxylation is 2. The second-order valence-electron chi connectivity index (χ2n) is 4.72. The molecule has 0 spiro atoms. The third-order valence-corrected chi connectivity index (χ3v) is 3.06. The average molecular weight is 249 g/mol. The van der Waals surface area contributed by atoms with Gasteiger partial charge in [-0.05, 0) is 38.7 Å². The summed E-state index contributed by atoms with van der Waals surface area (Å²) >= 11 is 0. The number of carbonyl (C=O) groups is 1. The van der Waals surface area contributed by atoms with Crippen molar-refractivity contribution in [3.05, 3.63) is 23.3 Å². The first-order chi connectivity index (χ1) is 8.65. The maximum atomic E-state index is 11.9. The summed E-state index contributed by atoms with van der Waals surface area (Å²) in [5.74, 6) is 1.09. The zero-order chi connectivity index (χ0) is 13.0. The summed E-state index contributed by atoms with van der Waals surface area (Å²) in [6.07, 6.45) is 2.07. The first kappa shape index (κ1) is 13.0. The van der Waals surface area contributed by atoms with E-state index < -0.39 is 0 Å². The molecule has 1 aliphatic rings. The van der Waals surface area contributed by atoms with Gasteiger partial charge in [0.1, 0.15) is 11.5 Å². The number of rotatable bonds is 4. The van der Waals surface area contributed by atoms with Crippen molar-refractivity contribution < 1.29 is 9.53 Å². The quantitative estimate of drug-likeness (QED) is 0.872. The highest BCUT2D eigenvalue weighted by atomic mass is 16.5. The molecule has 2 rings (SSSR count). The number of aromatic nitrogens is 2. The zero-order valence-corrected chi connectivity index (χ0v) is 10.9. The van der Waals surface area contributed by atoms with Gasteiger partial charge in [-0.2, -0.15) is 0 Å². The maximum Gasteiger partial charge on any atom is 0.270 e. The Morgan fingerprint density at radius 3 is 3.00 bits per heavy atom. The molecule has 2 heterocycles. The van der Waals surface area contributed by atoms with E-state index in [2.05, 4.69) is 15.3 Å². The molecule has 1 aromatic heterocycles. The molecule has 0 unspecified atom stereocenters. The van der Waals surface area contributed by atoms with Crippen LogP contribution in [0.15, 0.2) is 6.07 Å². The molecular weight excluding hydrogens is 230 g/mol. The van der Waals surface area contributed by atoms with Crippen LogP contribution in [0.4, 0.5) is 0 Å². The summed E-state index contributed by atoms with van der Waals surface area (Å²) in [5, 5.41) is 2.90. The first-order valence-corrected chi connectivity index (χ1v) is 6.33. The Kier molecular flexibility index (Phi) is 4.25. The van der Waals surface area contributed by atoms with Crippen LogP contribution < -0.4 is 5.32 Å². The average Bonchev–Trinajstić information content (AvgIpc) is 2.80. The van der Waals surface area contributed by atoms with Crippen molar-refractivity contribution in [2.75, 3.05) is 19.8 Å². The predicted molar refractivity (Wildman–Crippen MR) is 67.4 cm³/mol. The standard InChI is InChI=1S/C13H19N3O2/c1-9-7-12(16-10(2)15-9)13(17)14-5-3-11-4-6-18-8-11/h7,11H,3-6,8H2,1-2H3,(H,14,17)/t11-/m0/s1. The first-order valence-electron chi connectivity index (χ1n) is 6.33. The molecule has 1 saturated heterocycles. The molecule has 18 heavy (non-hydrogen) atoms. The SMILES string of the molecule is Cc1cc(C(=O)NCC[C@H]2CCOC2)nc(C)n1. The third kappa shape index (κ3) is 3.50. The van der Waals surface area contributed by atoms with E-state index in [-0.39, 0.29) is 5.91 Å². The van der Waals surface area contributed by atoms with Crippen LogP contribution in [0.1, 0.15) is 34.8 Å². The Hall–Kier alpha value is -1.49. The van der Waals surface area contributed by atoms with E-state index >= 15 is 0 Å². The van der Waals surface area contributed by atoms with Crippen LogP contribution in [-0.2, 0) is 4.74 Å². The number of ether oxygens (including phenoxy) is 1. The van der Waals surface area contributed by atoms with Crippen molar-refractivity contribution in [2.45, 2.75) is 26.7 Å². The van der Waals surface area contributed by atoms with Gasteiger partial charge in [-0.3, -0.25) is 4.79 Å². The predicted octanol–water partition coefficient (Wildman–Crippen LogP) is 1.25. The van der Waals surface area contributed by atoms with E-state index in [4.69, 9.17) is 4.74 Å². The summed E-state index contributed by atoms with van der Waals surface area (Å²) < 4.78 is 5.30. The Balaban J connectivity index is 1.83. The minimum absolute atomic E-state index is 0.123. The van der Waals surface area contributed by atoms with Gasteiger partial charge in [0.05, 0.1) is 0 Å². The summed E-state index contributed by atoms with van der Waals surface area (Å²) in [6.45, 7) is 6.00. The molecule has 1 fully saturated rings. The van der Waals surface area contributed by atoms with Crippen molar-refractivity contribution >= 4 is 5.91 Å². The lowest BCUT2D eigenvalue weighted by Crippen LogP contribution is -2.27. The second kappa shape index (κ2) is 5.91. The van der Waals surface area contributed by atoms with Crippen LogP contribution in [0.5, 0.6) is 0 Å². The molecule has 0 saturated carbocycles. The Bertz CT molecular complexity index is 408. The molecule has 1 aromatic rings. The number of amides is 1. The normalized spacial score (nSPS) is 18.9. The van der Waals surface area contributed by atoms with Gasteiger partial charge in [-0.15, -0.1) is 0 Å². The van der Waals surface area contributed by atoms with E-state index in [1.165, 1.54) is 0 Å². The van der Waals surface area contributed by atoms with Crippen molar-refractivity contribution in [1.29, 1.82) is 0 Å². The summed E-state index contributed by atoms with van der Waals surface area (Å²) in [5.41, 5.74) is 1.26. The lowest BCUT2D eigenvalue weighted by molar-refractivity contribution is 0.0945. The third-order valence-electron chi connectivity index (χ3n) is 3.06. The lowest BCUT2D eigenvalue weighted by Gasteiger charge is -2.09. The Morgan fingerprint density at radius 1 is 1.50 bits per heavy atom. The molecule has 1 atom stereocenters. The zero-order valence-electron chi connectivity index (χ0n) is 10.9. The molecule has 0 bridgehead atoms. The van der Waals surface area contributed by atoms with Crippen molar-refractivity contribution in [2.24, 2.45) is 5.92 Å². The van der Waals surface area contributed by atoms with Gasteiger partial charge in [0.2, 0.25) is 0 Å². The molecule has 5 heteroatoms. The molecule has 1 aliphatic heterocycles. The van der Waals surface area contributed by atoms with Gasteiger partial charge in [-0.25, -0.2) is 9.97 Å². The molecule has 0 aliphatic carbocycles. The monoisotopic (exact) mass is 249 g/mol. The van der Waals surface area contributed by atoms with Crippen LogP contribution in [0.25, 0.3) is 0 Å². The second-order valence-corrected chi connectivity index (χ2v) is 4.72. The van der Waals surface area contributed by atoms with E-state index in [1.54, 1.807) is 13.0 Å². The van der Waals surface area contributed by atoms with Crippen LogP contribution >= 0.6 is 0 Å². The largest absolute Gasteiger partial charge is 0.381 e. The number of hydrogen-bond donors (Lipinski definition) is 1. The summed E-state index contributed by atoms with van der Waals surface area (Å²) in [4.78, 5) is 20.2. The van der Waals surface area contributed by atoms with Gasteiger partial charge >= 0.3 is 0 Å². The molecule has 1 amide bonds. The van der Waals surface area contributed by atoms with Crippen molar-refractivity contribution in [3.8, 4) is 0 Å². The number of nitrogens with one attached hydrogen (secondary N) is 1. The van der Waals surface area contributed by atoms with Gasteiger partial charge in [0, 0.05) is 25.5 Å². The molecule has 0 radical (unpaired) electrons. The van der Waals surface area contributed by atoms with E-state index in [0.29, 0.717) is 24.0 Å². The Morgan fingerprint density at radius 2 is 2.33 bits per heavy atom. The molecule has 1 N–H and O–H groups in total. The maximum absolute atomic E-state index is 11.9. The number of carbonyl (C=O) groups excluding carboxylic acids is 1. The number of hydrogen-bond acceptors (Lipinski definition) is 4. The topological polar surface area (TPSA) is 64.1 Å². The van der Waals surface area contributed by atoms with E-state index in [9.17, 15) is 4.79 Å².